The molecule has 0 bridgehead atoms. The Morgan fingerprint density at radius 2 is 1.61 bits per heavy atom. The van der Waals surface area contributed by atoms with Crippen LogP contribution in [0.4, 0.5) is 22.0 Å². The van der Waals surface area contributed by atoms with Gasteiger partial charge in [-0.05, 0) is 41.7 Å². The van der Waals surface area contributed by atoms with Crippen molar-refractivity contribution >= 4 is 10.8 Å². The zero-order valence-electron chi connectivity index (χ0n) is 18.0. The lowest BCUT2D eigenvalue weighted by molar-refractivity contribution is -0.154. The average Bonchev–Trinajstić information content (AvgIpc) is 2.72. The van der Waals surface area contributed by atoms with Gasteiger partial charge in [0.15, 0.2) is 24.0 Å². The average molecular weight is 443 g/mol. The maximum absolute atomic E-state index is 14.5. The highest BCUT2D eigenvalue weighted by Gasteiger charge is 2.30. The van der Waals surface area contributed by atoms with E-state index < -0.39 is 30.2 Å². The smallest absolute Gasteiger partial charge is 0.422 e. The summed E-state index contributed by atoms with van der Waals surface area (Å²) < 4.78 is 70.1. The van der Waals surface area contributed by atoms with Gasteiger partial charge >= 0.3 is 6.18 Å². The third-order valence-corrected chi connectivity index (χ3v) is 6.45. The molecule has 0 N–H and O–H groups in total. The highest BCUT2D eigenvalue weighted by molar-refractivity contribution is 5.85. The van der Waals surface area contributed by atoms with Crippen molar-refractivity contribution < 1.29 is 26.7 Å². The molecule has 31 heavy (non-hydrogen) atoms. The number of ether oxygens (including phenoxy) is 1. The topological polar surface area (TPSA) is 9.23 Å². The largest absolute Gasteiger partial charge is 0.478 e. The number of aryl methyl sites for hydroxylation is 1. The molecule has 2 aromatic carbocycles. The van der Waals surface area contributed by atoms with Gasteiger partial charge in [-0.2, -0.15) is 13.2 Å². The Kier molecular flexibility index (Phi) is 8.17. The highest BCUT2D eigenvalue weighted by atomic mass is 19.4. The van der Waals surface area contributed by atoms with E-state index >= 15 is 0 Å². The Bertz CT molecular complexity index is 853. The number of fused-ring (bicyclic) bond motifs is 1. The first-order chi connectivity index (χ1) is 14.8. The van der Waals surface area contributed by atoms with Crippen molar-refractivity contribution in [2.75, 3.05) is 6.61 Å². The monoisotopic (exact) mass is 442 g/mol. The molecular formula is C25H31F5O. The third kappa shape index (κ3) is 6.81. The van der Waals surface area contributed by atoms with Crippen molar-refractivity contribution in [3.63, 3.8) is 0 Å². The minimum atomic E-state index is -4.66. The van der Waals surface area contributed by atoms with Crippen molar-refractivity contribution in [1.29, 1.82) is 0 Å². The van der Waals surface area contributed by atoms with Crippen LogP contribution in [0.5, 0.6) is 5.75 Å². The second-order valence-electron chi connectivity index (χ2n) is 8.88. The van der Waals surface area contributed by atoms with E-state index in [-0.39, 0.29) is 5.39 Å². The van der Waals surface area contributed by atoms with Gasteiger partial charge in [0.05, 0.1) is 0 Å². The molecule has 1 nitrogen and oxygen atoms in total. The zero-order chi connectivity index (χ0) is 22.4. The van der Waals surface area contributed by atoms with Gasteiger partial charge in [0.1, 0.15) is 0 Å². The minimum absolute atomic E-state index is 0.0647. The van der Waals surface area contributed by atoms with Crippen molar-refractivity contribution in [2.24, 2.45) is 11.8 Å². The van der Waals surface area contributed by atoms with Crippen LogP contribution in [0.1, 0.15) is 70.3 Å². The number of unbranched alkanes of at least 4 members (excludes halogenated alkanes) is 2. The van der Waals surface area contributed by atoms with Crippen LogP contribution in [0, 0.1) is 23.5 Å². The summed E-state index contributed by atoms with van der Waals surface area (Å²) in [6.45, 7) is 0.498. The Balaban J connectivity index is 1.58. The van der Waals surface area contributed by atoms with E-state index in [1.54, 1.807) is 12.1 Å². The molecule has 0 amide bonds. The van der Waals surface area contributed by atoms with E-state index in [0.29, 0.717) is 11.3 Å². The van der Waals surface area contributed by atoms with Crippen LogP contribution < -0.4 is 4.74 Å². The van der Waals surface area contributed by atoms with Gasteiger partial charge in [0.2, 0.25) is 0 Å². The van der Waals surface area contributed by atoms with Gasteiger partial charge in [-0.15, -0.1) is 0 Å². The molecular weight excluding hydrogens is 411 g/mol. The molecule has 1 saturated carbocycles. The third-order valence-electron chi connectivity index (χ3n) is 6.45. The number of halogens is 5. The van der Waals surface area contributed by atoms with Gasteiger partial charge in [-0.25, -0.2) is 8.78 Å². The zero-order valence-corrected chi connectivity index (χ0v) is 18.0. The van der Waals surface area contributed by atoms with E-state index in [9.17, 15) is 22.0 Å². The number of benzene rings is 2. The van der Waals surface area contributed by atoms with Crippen LogP contribution in [-0.4, -0.2) is 12.8 Å². The van der Waals surface area contributed by atoms with E-state index in [2.05, 4.69) is 11.7 Å². The molecule has 0 aromatic heterocycles. The predicted molar refractivity (Wildman–Crippen MR) is 113 cm³/mol. The van der Waals surface area contributed by atoms with Crippen molar-refractivity contribution in [1.82, 2.24) is 0 Å². The molecule has 1 aliphatic rings. The molecule has 2 aromatic rings. The molecule has 6 heteroatoms. The summed E-state index contributed by atoms with van der Waals surface area (Å²) >= 11 is 0. The lowest BCUT2D eigenvalue weighted by Crippen LogP contribution is -2.20. The van der Waals surface area contributed by atoms with Gasteiger partial charge < -0.3 is 4.74 Å². The van der Waals surface area contributed by atoms with Gasteiger partial charge in [-0.3, -0.25) is 0 Å². The number of alkyl halides is 3. The second-order valence-corrected chi connectivity index (χ2v) is 8.88. The van der Waals surface area contributed by atoms with Gasteiger partial charge in [0, 0.05) is 5.39 Å². The second kappa shape index (κ2) is 10.6. The molecule has 0 aliphatic heterocycles. The SMILES string of the molecule is CCCCCC1CCC(CCc2ccc3c(F)c(OCC(F)(F)F)c(F)cc3c2)CC1. The van der Waals surface area contributed by atoms with Crippen LogP contribution in [0.2, 0.25) is 0 Å². The Morgan fingerprint density at radius 1 is 0.935 bits per heavy atom. The molecule has 172 valence electrons. The van der Waals surface area contributed by atoms with Crippen LogP contribution in [0.25, 0.3) is 10.8 Å². The summed E-state index contributed by atoms with van der Waals surface area (Å²) in [4.78, 5) is 0. The van der Waals surface area contributed by atoms with E-state index in [1.165, 1.54) is 57.4 Å². The molecule has 0 unspecified atom stereocenters. The molecule has 0 atom stereocenters. The maximum Gasteiger partial charge on any atom is 0.422 e. The fourth-order valence-corrected chi connectivity index (χ4v) is 4.67. The van der Waals surface area contributed by atoms with Crippen LogP contribution in [0.3, 0.4) is 0 Å². The Morgan fingerprint density at radius 3 is 2.26 bits per heavy atom. The van der Waals surface area contributed by atoms with Crippen molar-refractivity contribution in [3.05, 3.63) is 41.5 Å². The molecule has 1 fully saturated rings. The predicted octanol–water partition coefficient (Wildman–Crippen LogP) is 8.38. The lowest BCUT2D eigenvalue weighted by atomic mass is 9.77. The van der Waals surface area contributed by atoms with Gasteiger partial charge in [0.25, 0.3) is 0 Å². The quantitative estimate of drug-likeness (QED) is 0.280. The normalized spacial score (nSPS) is 19.7. The molecule has 1 aliphatic carbocycles. The summed E-state index contributed by atoms with van der Waals surface area (Å²) in [5.41, 5.74) is 0.986. The van der Waals surface area contributed by atoms with E-state index in [1.807, 2.05) is 0 Å². The van der Waals surface area contributed by atoms with Crippen LogP contribution in [0.15, 0.2) is 24.3 Å². The molecule has 3 rings (SSSR count). The Labute approximate surface area is 181 Å². The van der Waals surface area contributed by atoms with Crippen molar-refractivity contribution in [3.8, 4) is 5.75 Å². The first-order valence-corrected chi connectivity index (χ1v) is 11.4. The summed E-state index contributed by atoms with van der Waals surface area (Å²) in [5.74, 6) is -1.64. The highest BCUT2D eigenvalue weighted by Crippen LogP contribution is 2.35. The summed E-state index contributed by atoms with van der Waals surface area (Å²) in [7, 11) is 0. The minimum Gasteiger partial charge on any atom is -0.478 e. The van der Waals surface area contributed by atoms with E-state index in [4.69, 9.17) is 0 Å². The number of hydrogen-bond donors (Lipinski definition) is 0. The molecule has 0 radical (unpaired) electrons. The lowest BCUT2D eigenvalue weighted by Gasteiger charge is -2.28. The van der Waals surface area contributed by atoms with Crippen LogP contribution in [-0.2, 0) is 6.42 Å². The van der Waals surface area contributed by atoms with Gasteiger partial charge in [-0.1, -0.05) is 76.5 Å². The summed E-state index contributed by atoms with van der Waals surface area (Å²) in [6.07, 6.45) is 7.55. The standard InChI is InChI=1S/C25H31F5O/c1-2-3-4-5-17-6-8-18(9-7-17)10-11-19-12-13-21-20(14-19)15-22(26)24(23(21)27)31-16-25(28,29)30/h12-15,17-18H,2-11,16H2,1H3. The summed E-state index contributed by atoms with van der Waals surface area (Å²) in [6, 6.07) is 6.05. The van der Waals surface area contributed by atoms with Crippen LogP contribution >= 0.6 is 0 Å². The number of hydrogen-bond acceptors (Lipinski definition) is 1. The fourth-order valence-electron chi connectivity index (χ4n) is 4.67. The molecule has 0 heterocycles. The first kappa shape index (κ1) is 23.8. The van der Waals surface area contributed by atoms with E-state index in [0.717, 1.165) is 30.4 Å². The molecule has 0 saturated heterocycles. The summed E-state index contributed by atoms with van der Waals surface area (Å²) in [5, 5.41) is 0.404. The molecule has 0 spiro atoms. The number of rotatable bonds is 9. The maximum atomic E-state index is 14.5. The fraction of sp³-hybridized carbons (Fsp3) is 0.600. The Hall–Kier alpha value is -1.85. The first-order valence-electron chi connectivity index (χ1n) is 11.4. The van der Waals surface area contributed by atoms with Crippen molar-refractivity contribution in [2.45, 2.75) is 77.3 Å².